The lowest BCUT2D eigenvalue weighted by Gasteiger charge is -2.13. The summed E-state index contributed by atoms with van der Waals surface area (Å²) in [6, 6.07) is 11.0. The highest BCUT2D eigenvalue weighted by Crippen LogP contribution is 2.36. The van der Waals surface area contributed by atoms with Gasteiger partial charge in [0.15, 0.2) is 0 Å². The molecule has 3 amide bonds. The Morgan fingerprint density at radius 1 is 1.00 bits per heavy atom. The first-order valence-corrected chi connectivity index (χ1v) is 10.4. The minimum Gasteiger partial charge on any atom is -0.322 e. The van der Waals surface area contributed by atoms with Gasteiger partial charge in [-0.3, -0.25) is 9.78 Å². The highest BCUT2D eigenvalue weighted by atomic mass is 79.9. The van der Waals surface area contributed by atoms with Gasteiger partial charge in [-0.05, 0) is 60.5 Å². The second-order valence-corrected chi connectivity index (χ2v) is 7.76. The number of pyridine rings is 1. The quantitative estimate of drug-likeness (QED) is 0.338. The minimum atomic E-state index is -4.57. The number of alkyl halides is 3. The van der Waals surface area contributed by atoms with E-state index < -0.39 is 17.8 Å². The number of amides is 3. The van der Waals surface area contributed by atoms with Gasteiger partial charge in [-0.1, -0.05) is 28.1 Å². The van der Waals surface area contributed by atoms with Crippen LogP contribution >= 0.6 is 15.9 Å². The monoisotopic (exact) mass is 518 g/mol. The number of aryl methyl sites for hydroxylation is 1. The van der Waals surface area contributed by atoms with Crippen molar-refractivity contribution in [2.24, 2.45) is 0 Å². The van der Waals surface area contributed by atoms with E-state index in [1.165, 1.54) is 18.2 Å². The maximum Gasteiger partial charge on any atom is 0.417 e. The van der Waals surface area contributed by atoms with Gasteiger partial charge in [0, 0.05) is 40.0 Å². The third-order valence-electron chi connectivity index (χ3n) is 4.39. The van der Waals surface area contributed by atoms with Crippen LogP contribution in [-0.4, -0.2) is 16.9 Å². The Morgan fingerprint density at radius 3 is 2.36 bits per heavy atom. The average molecular weight is 519 g/mol. The molecule has 6 nitrogen and oxygen atoms in total. The Hall–Kier alpha value is -3.66. The molecule has 0 unspecified atom stereocenters. The van der Waals surface area contributed by atoms with E-state index in [0.717, 1.165) is 17.2 Å². The molecule has 3 aromatic rings. The predicted molar refractivity (Wildman–Crippen MR) is 125 cm³/mol. The van der Waals surface area contributed by atoms with Crippen molar-refractivity contribution >= 4 is 51.0 Å². The number of anilines is 3. The van der Waals surface area contributed by atoms with Crippen molar-refractivity contribution in [3.63, 3.8) is 0 Å². The minimum absolute atomic E-state index is 0.0239. The normalized spacial score (nSPS) is 11.3. The molecular weight excluding hydrogens is 501 g/mol. The lowest BCUT2D eigenvalue weighted by atomic mass is 10.1. The molecule has 2 aromatic carbocycles. The molecule has 0 radical (unpaired) electrons. The number of hydrogen-bond donors (Lipinski definition) is 3. The zero-order chi connectivity index (χ0) is 24.0. The molecule has 0 aliphatic rings. The number of halogens is 4. The van der Waals surface area contributed by atoms with Crippen molar-refractivity contribution in [1.82, 2.24) is 4.98 Å². The van der Waals surface area contributed by atoms with Crippen molar-refractivity contribution < 1.29 is 22.8 Å². The summed E-state index contributed by atoms with van der Waals surface area (Å²) >= 11 is 2.85. The number of hydrogen-bond acceptors (Lipinski definition) is 3. The number of nitrogens with zero attached hydrogens (tertiary/aromatic N) is 1. The molecule has 0 saturated heterocycles. The molecule has 3 rings (SSSR count). The second-order valence-electron chi connectivity index (χ2n) is 6.91. The van der Waals surface area contributed by atoms with Crippen molar-refractivity contribution in [3.05, 3.63) is 88.2 Å². The summed E-state index contributed by atoms with van der Waals surface area (Å²) in [5.74, 6) is -0.377. The van der Waals surface area contributed by atoms with Gasteiger partial charge in [0.1, 0.15) is 0 Å². The number of aromatic nitrogens is 1. The van der Waals surface area contributed by atoms with Gasteiger partial charge in [0.25, 0.3) is 0 Å². The van der Waals surface area contributed by atoms with Gasteiger partial charge in [-0.2, -0.15) is 13.2 Å². The molecule has 0 bridgehead atoms. The molecule has 0 saturated carbocycles. The molecule has 0 fully saturated rings. The van der Waals surface area contributed by atoms with E-state index in [4.69, 9.17) is 0 Å². The molecular formula is C23H18BrF3N4O2. The van der Waals surface area contributed by atoms with Crippen LogP contribution in [0.5, 0.6) is 0 Å². The van der Waals surface area contributed by atoms with Crippen LogP contribution in [0.1, 0.15) is 16.7 Å². The predicted octanol–water partition coefficient (Wildman–Crippen LogP) is 6.47. The summed E-state index contributed by atoms with van der Waals surface area (Å²) in [7, 11) is 0. The fourth-order valence-corrected chi connectivity index (χ4v) is 3.24. The van der Waals surface area contributed by atoms with Gasteiger partial charge in [0.05, 0.1) is 5.56 Å². The van der Waals surface area contributed by atoms with Crippen molar-refractivity contribution in [3.8, 4) is 0 Å². The molecule has 1 heterocycles. The molecule has 170 valence electrons. The van der Waals surface area contributed by atoms with E-state index in [0.29, 0.717) is 11.4 Å². The third kappa shape index (κ3) is 6.91. The Morgan fingerprint density at radius 2 is 1.70 bits per heavy atom. The van der Waals surface area contributed by atoms with E-state index >= 15 is 0 Å². The molecule has 0 atom stereocenters. The smallest absolute Gasteiger partial charge is 0.322 e. The number of nitrogens with one attached hydrogen (secondary N) is 3. The van der Waals surface area contributed by atoms with Gasteiger partial charge in [-0.15, -0.1) is 0 Å². The molecule has 0 spiro atoms. The lowest BCUT2D eigenvalue weighted by molar-refractivity contribution is -0.138. The maximum absolute atomic E-state index is 13.1. The van der Waals surface area contributed by atoms with Crippen molar-refractivity contribution in [2.45, 2.75) is 13.1 Å². The Balaban J connectivity index is 1.66. The number of carbonyl (C=O) groups excluding carboxylic acids is 2. The summed E-state index contributed by atoms with van der Waals surface area (Å²) in [6.07, 6.45) is 1.64. The van der Waals surface area contributed by atoms with Crippen molar-refractivity contribution in [1.29, 1.82) is 0 Å². The van der Waals surface area contributed by atoms with Crippen LogP contribution in [0, 0.1) is 6.92 Å². The summed E-state index contributed by atoms with van der Waals surface area (Å²) in [6.45, 7) is 1.78. The van der Waals surface area contributed by atoms with Crippen LogP contribution in [0.2, 0.25) is 0 Å². The summed E-state index contributed by atoms with van der Waals surface area (Å²) < 4.78 is 39.0. The zero-order valence-electron chi connectivity index (χ0n) is 17.2. The first kappa shape index (κ1) is 24.0. The van der Waals surface area contributed by atoms with Gasteiger partial charge >= 0.3 is 12.2 Å². The first-order chi connectivity index (χ1) is 15.6. The molecule has 1 aromatic heterocycles. The van der Waals surface area contributed by atoms with Gasteiger partial charge in [0.2, 0.25) is 5.91 Å². The number of rotatable bonds is 5. The molecule has 0 aliphatic heterocycles. The molecule has 33 heavy (non-hydrogen) atoms. The topological polar surface area (TPSA) is 83.1 Å². The largest absolute Gasteiger partial charge is 0.417 e. The van der Waals surface area contributed by atoms with E-state index in [2.05, 4.69) is 36.9 Å². The van der Waals surface area contributed by atoms with Crippen LogP contribution in [0.25, 0.3) is 6.08 Å². The van der Waals surface area contributed by atoms with E-state index in [-0.39, 0.29) is 16.1 Å². The van der Waals surface area contributed by atoms with Crippen LogP contribution in [0.4, 0.5) is 35.0 Å². The summed E-state index contributed by atoms with van der Waals surface area (Å²) in [5, 5.41) is 7.64. The van der Waals surface area contributed by atoms with Gasteiger partial charge in [-0.25, -0.2) is 4.79 Å². The third-order valence-corrected chi connectivity index (χ3v) is 5.09. The Labute approximate surface area is 196 Å². The second kappa shape index (κ2) is 10.3. The zero-order valence-corrected chi connectivity index (χ0v) is 18.8. The lowest BCUT2D eigenvalue weighted by Crippen LogP contribution is -2.20. The average Bonchev–Trinajstić information content (AvgIpc) is 2.76. The maximum atomic E-state index is 13.1. The van der Waals surface area contributed by atoms with Crippen LogP contribution in [0.3, 0.4) is 0 Å². The Kier molecular flexibility index (Phi) is 7.49. The highest BCUT2D eigenvalue weighted by molar-refractivity contribution is 9.10. The van der Waals surface area contributed by atoms with E-state index in [1.807, 2.05) is 0 Å². The van der Waals surface area contributed by atoms with Crippen LogP contribution in [0.15, 0.2) is 71.5 Å². The SMILES string of the molecule is Cc1ccc(NC(=O)Nc2ccc(Br)c(C(F)(F)F)c2)cc1NC(=O)C=Cc1cccnc1. The fraction of sp³-hybridized carbons (Fsp3) is 0.0870. The number of carbonyl (C=O) groups is 2. The number of benzene rings is 2. The molecule has 0 aliphatic carbocycles. The summed E-state index contributed by atoms with van der Waals surface area (Å²) in [5.41, 5.74) is 1.41. The van der Waals surface area contributed by atoms with E-state index in [1.54, 1.807) is 55.7 Å². The Bertz CT molecular complexity index is 1200. The van der Waals surface area contributed by atoms with Crippen LogP contribution in [-0.2, 0) is 11.0 Å². The first-order valence-electron chi connectivity index (χ1n) is 9.56. The number of urea groups is 1. The van der Waals surface area contributed by atoms with E-state index in [9.17, 15) is 22.8 Å². The van der Waals surface area contributed by atoms with Crippen LogP contribution < -0.4 is 16.0 Å². The highest BCUT2D eigenvalue weighted by Gasteiger charge is 2.33. The van der Waals surface area contributed by atoms with Crippen molar-refractivity contribution in [2.75, 3.05) is 16.0 Å². The molecule has 10 heteroatoms. The standard InChI is InChI=1S/C23H18BrF3N4O2/c1-14-4-6-17(12-20(14)31-21(32)9-5-15-3-2-10-28-13-15)30-22(33)29-16-7-8-19(24)18(11-16)23(25,26)27/h2-13H,1H3,(H,31,32)(H2,29,30,33). The fourth-order valence-electron chi connectivity index (χ4n) is 2.77. The summed E-state index contributed by atoms with van der Waals surface area (Å²) in [4.78, 5) is 28.5. The molecule has 3 N–H and O–H groups in total. The van der Waals surface area contributed by atoms with Gasteiger partial charge < -0.3 is 16.0 Å².